The normalized spacial score (nSPS) is 23.8. The van der Waals surface area contributed by atoms with E-state index in [2.05, 4.69) is 51.9 Å². The molecular weight excluding hydrogens is 300 g/mol. The van der Waals surface area contributed by atoms with Crippen molar-refractivity contribution in [1.82, 2.24) is 4.90 Å². The molecule has 0 amide bonds. The second kappa shape index (κ2) is 6.07. The minimum atomic E-state index is -0.180. The summed E-state index contributed by atoms with van der Waals surface area (Å²) in [5.74, 6) is 1.81. The highest BCUT2D eigenvalue weighted by Crippen LogP contribution is 2.46. The van der Waals surface area contributed by atoms with Crippen LogP contribution in [0.5, 0.6) is 11.5 Å². The highest BCUT2D eigenvalue weighted by Gasteiger charge is 2.38. The maximum atomic E-state index is 6.18. The second-order valence-electron chi connectivity index (χ2n) is 7.99. The van der Waals surface area contributed by atoms with Crippen LogP contribution in [0.2, 0.25) is 0 Å². The highest BCUT2D eigenvalue weighted by atomic mass is 16.5. The standard InChI is InChI=1S/C20H30N2O2/c1-7-22(6)13-20(5)10-14-9-17(23-8-2)18-15(16(14)12-21-20)11-19(3,4)24-18/h9,12H,7-8,10-11,13H2,1-6H3. The first-order valence-electron chi connectivity index (χ1n) is 9.01. The molecule has 0 radical (unpaired) electrons. The van der Waals surface area contributed by atoms with Gasteiger partial charge in [0.25, 0.3) is 0 Å². The molecular formula is C20H30N2O2. The maximum Gasteiger partial charge on any atom is 0.166 e. The van der Waals surface area contributed by atoms with Crippen LogP contribution in [-0.4, -0.2) is 49.0 Å². The van der Waals surface area contributed by atoms with Gasteiger partial charge in [0, 0.05) is 30.3 Å². The van der Waals surface area contributed by atoms with Crippen molar-refractivity contribution in [2.45, 2.75) is 58.6 Å². The number of aliphatic imine (C=N–C) groups is 1. The highest BCUT2D eigenvalue weighted by molar-refractivity contribution is 5.88. The van der Waals surface area contributed by atoms with Gasteiger partial charge in [-0.1, -0.05) is 6.92 Å². The first-order valence-corrected chi connectivity index (χ1v) is 9.01. The number of hydrogen-bond donors (Lipinski definition) is 0. The van der Waals surface area contributed by atoms with Crippen molar-refractivity contribution in [2.24, 2.45) is 4.99 Å². The van der Waals surface area contributed by atoms with E-state index in [0.29, 0.717) is 6.61 Å². The lowest BCUT2D eigenvalue weighted by Crippen LogP contribution is -2.41. The fraction of sp³-hybridized carbons (Fsp3) is 0.650. The van der Waals surface area contributed by atoms with Gasteiger partial charge in [-0.05, 0) is 59.3 Å². The smallest absolute Gasteiger partial charge is 0.166 e. The summed E-state index contributed by atoms with van der Waals surface area (Å²) in [4.78, 5) is 7.25. The second-order valence-corrected chi connectivity index (χ2v) is 7.99. The predicted molar refractivity (Wildman–Crippen MR) is 98.9 cm³/mol. The Labute approximate surface area is 145 Å². The molecule has 0 N–H and O–H groups in total. The van der Waals surface area contributed by atoms with Crippen LogP contribution in [0.25, 0.3) is 0 Å². The summed E-state index contributed by atoms with van der Waals surface area (Å²) in [5, 5.41) is 0. The SMILES string of the molecule is CCOc1cc2c(c3c1OC(C)(C)C3)C=NC(C)(CN(C)CC)C2. The predicted octanol–water partition coefficient (Wildman–Crippen LogP) is 3.48. The Morgan fingerprint density at radius 2 is 2.00 bits per heavy atom. The van der Waals surface area contributed by atoms with E-state index in [1.807, 2.05) is 6.92 Å². The van der Waals surface area contributed by atoms with Crippen molar-refractivity contribution >= 4 is 6.21 Å². The number of hydrogen-bond acceptors (Lipinski definition) is 4. The van der Waals surface area contributed by atoms with Crippen LogP contribution < -0.4 is 9.47 Å². The van der Waals surface area contributed by atoms with Gasteiger partial charge in [-0.25, -0.2) is 0 Å². The van der Waals surface area contributed by atoms with Gasteiger partial charge in [-0.15, -0.1) is 0 Å². The van der Waals surface area contributed by atoms with Crippen LogP contribution in [0.15, 0.2) is 11.1 Å². The molecule has 0 spiro atoms. The third-order valence-corrected chi connectivity index (χ3v) is 4.98. The number of benzene rings is 1. The average Bonchev–Trinajstić information content (AvgIpc) is 2.82. The van der Waals surface area contributed by atoms with Gasteiger partial charge in [0.2, 0.25) is 0 Å². The lowest BCUT2D eigenvalue weighted by atomic mass is 9.84. The number of likely N-dealkylation sites (N-methyl/N-ethyl adjacent to an activating group) is 1. The summed E-state index contributed by atoms with van der Waals surface area (Å²) in [6, 6.07) is 2.18. The van der Waals surface area contributed by atoms with Gasteiger partial charge in [0.05, 0.1) is 12.1 Å². The van der Waals surface area contributed by atoms with Gasteiger partial charge in [0.1, 0.15) is 5.60 Å². The van der Waals surface area contributed by atoms with Crippen LogP contribution in [0.3, 0.4) is 0 Å². The van der Waals surface area contributed by atoms with E-state index in [9.17, 15) is 0 Å². The molecule has 3 rings (SSSR count). The molecule has 24 heavy (non-hydrogen) atoms. The van der Waals surface area contributed by atoms with E-state index in [1.54, 1.807) is 0 Å². The zero-order chi connectivity index (χ0) is 17.5. The van der Waals surface area contributed by atoms with Crippen molar-refractivity contribution in [3.05, 3.63) is 22.8 Å². The Balaban J connectivity index is 2.01. The van der Waals surface area contributed by atoms with Gasteiger partial charge in [-0.3, -0.25) is 4.99 Å². The summed E-state index contributed by atoms with van der Waals surface area (Å²) in [5.41, 5.74) is 3.58. The molecule has 1 unspecified atom stereocenters. The Morgan fingerprint density at radius 3 is 2.67 bits per heavy atom. The summed E-state index contributed by atoms with van der Waals surface area (Å²) in [6.07, 6.45) is 3.92. The molecule has 0 aromatic heterocycles. The van der Waals surface area contributed by atoms with Gasteiger partial charge in [-0.2, -0.15) is 0 Å². The van der Waals surface area contributed by atoms with E-state index in [1.165, 1.54) is 16.7 Å². The van der Waals surface area contributed by atoms with Crippen molar-refractivity contribution < 1.29 is 9.47 Å². The zero-order valence-electron chi connectivity index (χ0n) is 15.9. The summed E-state index contributed by atoms with van der Waals surface area (Å²) >= 11 is 0. The van der Waals surface area contributed by atoms with E-state index in [-0.39, 0.29) is 11.1 Å². The molecule has 2 aliphatic heterocycles. The van der Waals surface area contributed by atoms with Gasteiger partial charge in [0.15, 0.2) is 11.5 Å². The molecule has 2 aliphatic rings. The Hall–Kier alpha value is -1.55. The molecule has 0 saturated heterocycles. The summed E-state index contributed by atoms with van der Waals surface area (Å²) < 4.78 is 12.1. The van der Waals surface area contributed by atoms with Crippen LogP contribution in [0.1, 0.15) is 51.3 Å². The zero-order valence-corrected chi connectivity index (χ0v) is 15.9. The average molecular weight is 330 g/mol. The number of rotatable bonds is 5. The first kappa shape index (κ1) is 17.3. The fourth-order valence-corrected chi connectivity index (χ4v) is 3.83. The van der Waals surface area contributed by atoms with Crippen LogP contribution in [-0.2, 0) is 12.8 Å². The third-order valence-electron chi connectivity index (χ3n) is 4.98. The fourth-order valence-electron chi connectivity index (χ4n) is 3.83. The quantitative estimate of drug-likeness (QED) is 0.829. The molecule has 0 aliphatic carbocycles. The molecule has 132 valence electrons. The Morgan fingerprint density at radius 1 is 1.25 bits per heavy atom. The van der Waals surface area contributed by atoms with Gasteiger partial charge < -0.3 is 14.4 Å². The summed E-state index contributed by atoms with van der Waals surface area (Å²) in [6.45, 7) is 13.4. The lowest BCUT2D eigenvalue weighted by Gasteiger charge is -2.33. The monoisotopic (exact) mass is 330 g/mol. The van der Waals surface area contributed by atoms with E-state index in [4.69, 9.17) is 14.5 Å². The van der Waals surface area contributed by atoms with E-state index < -0.39 is 0 Å². The Bertz CT molecular complexity index is 666. The molecule has 1 aromatic carbocycles. The maximum absolute atomic E-state index is 6.18. The molecule has 0 fully saturated rings. The largest absolute Gasteiger partial charge is 0.490 e. The van der Waals surface area contributed by atoms with Crippen molar-refractivity contribution in [1.29, 1.82) is 0 Å². The van der Waals surface area contributed by atoms with Crippen LogP contribution in [0.4, 0.5) is 0 Å². The molecule has 4 heteroatoms. The molecule has 2 heterocycles. The van der Waals surface area contributed by atoms with Crippen molar-refractivity contribution in [2.75, 3.05) is 26.7 Å². The minimum Gasteiger partial charge on any atom is -0.490 e. The molecule has 4 nitrogen and oxygen atoms in total. The number of fused-ring (bicyclic) bond motifs is 3. The van der Waals surface area contributed by atoms with Crippen molar-refractivity contribution in [3.8, 4) is 11.5 Å². The summed E-state index contributed by atoms with van der Waals surface area (Å²) in [7, 11) is 2.15. The van der Waals surface area contributed by atoms with Crippen LogP contribution in [0, 0.1) is 0 Å². The van der Waals surface area contributed by atoms with E-state index in [0.717, 1.165) is 37.4 Å². The third kappa shape index (κ3) is 3.16. The van der Waals surface area contributed by atoms with Gasteiger partial charge >= 0.3 is 0 Å². The van der Waals surface area contributed by atoms with Crippen LogP contribution >= 0.6 is 0 Å². The molecule has 0 saturated carbocycles. The van der Waals surface area contributed by atoms with E-state index >= 15 is 0 Å². The molecule has 1 atom stereocenters. The minimum absolute atomic E-state index is 0.0789. The first-order chi connectivity index (χ1) is 11.3. The number of nitrogens with zero attached hydrogens (tertiary/aromatic N) is 2. The van der Waals surface area contributed by atoms with Crippen molar-refractivity contribution in [3.63, 3.8) is 0 Å². The lowest BCUT2D eigenvalue weighted by molar-refractivity contribution is 0.132. The Kier molecular flexibility index (Phi) is 4.37. The topological polar surface area (TPSA) is 34.1 Å². The number of ether oxygens (including phenoxy) is 2. The molecule has 0 bridgehead atoms. The molecule has 1 aromatic rings.